The molecule has 0 spiro atoms. The largest absolute Gasteiger partial charge is 0.310 e. The van der Waals surface area contributed by atoms with Crippen LogP contribution in [0.5, 0.6) is 0 Å². The first-order valence-electron chi connectivity index (χ1n) is 19.8. The SMILES string of the molecule is c1ccc(-c2ccc(N(c3cccc(-c4ccccc4-c4ccccc4-c4ccccc4)c3)c3ccc4ccc5cc6sc7ccccc7c6cc5c4c3)cc2)cc1. The first-order valence-corrected chi connectivity index (χ1v) is 20.6. The van der Waals surface area contributed by atoms with Crippen molar-refractivity contribution in [3.8, 4) is 44.5 Å². The van der Waals surface area contributed by atoms with Crippen molar-refractivity contribution in [1.82, 2.24) is 0 Å². The number of hydrogen-bond acceptors (Lipinski definition) is 2. The van der Waals surface area contributed by atoms with Gasteiger partial charge < -0.3 is 4.90 Å². The van der Waals surface area contributed by atoms with E-state index in [0.717, 1.165) is 17.1 Å². The van der Waals surface area contributed by atoms with Gasteiger partial charge >= 0.3 is 0 Å². The normalized spacial score (nSPS) is 11.4. The molecule has 2 heteroatoms. The minimum absolute atomic E-state index is 1.10. The van der Waals surface area contributed by atoms with Gasteiger partial charge in [0.2, 0.25) is 0 Å². The molecule has 11 rings (SSSR count). The van der Waals surface area contributed by atoms with E-state index in [9.17, 15) is 0 Å². The predicted octanol–water partition coefficient (Wildman–Crippen LogP) is 16.5. The molecule has 0 unspecified atom stereocenters. The lowest BCUT2D eigenvalue weighted by molar-refractivity contribution is 1.29. The minimum Gasteiger partial charge on any atom is -0.310 e. The van der Waals surface area contributed by atoms with E-state index in [0.29, 0.717) is 0 Å². The van der Waals surface area contributed by atoms with E-state index >= 15 is 0 Å². The monoisotopic (exact) mass is 755 g/mol. The van der Waals surface area contributed by atoms with Gasteiger partial charge in [-0.1, -0.05) is 170 Å². The average Bonchev–Trinajstić information content (AvgIpc) is 3.67. The van der Waals surface area contributed by atoms with Gasteiger partial charge in [-0.25, -0.2) is 0 Å². The van der Waals surface area contributed by atoms with Crippen molar-refractivity contribution in [2.45, 2.75) is 0 Å². The number of rotatable bonds is 7. The molecule has 1 heterocycles. The van der Waals surface area contributed by atoms with E-state index in [2.05, 4.69) is 229 Å². The number of fused-ring (bicyclic) bond motifs is 6. The van der Waals surface area contributed by atoms with E-state index in [1.165, 1.54) is 86.2 Å². The molecule has 1 nitrogen and oxygen atoms in total. The molecule has 0 radical (unpaired) electrons. The zero-order chi connectivity index (χ0) is 38.4. The fraction of sp³-hybridized carbons (Fsp3) is 0. The quantitative estimate of drug-likeness (QED) is 0.146. The summed E-state index contributed by atoms with van der Waals surface area (Å²) in [6.45, 7) is 0. The van der Waals surface area contributed by atoms with Crippen LogP contribution in [0.25, 0.3) is 86.2 Å². The molecule has 1 aromatic heterocycles. The van der Waals surface area contributed by atoms with Gasteiger partial charge in [0, 0.05) is 37.2 Å². The van der Waals surface area contributed by atoms with Gasteiger partial charge in [0.1, 0.15) is 0 Å². The molecular formula is C56H37NS. The molecule has 0 atom stereocenters. The molecule has 0 N–H and O–H groups in total. The maximum Gasteiger partial charge on any atom is 0.0468 e. The van der Waals surface area contributed by atoms with Gasteiger partial charge in [-0.15, -0.1) is 11.3 Å². The second-order valence-electron chi connectivity index (χ2n) is 14.9. The molecule has 272 valence electrons. The van der Waals surface area contributed by atoms with Crippen molar-refractivity contribution in [2.75, 3.05) is 4.90 Å². The third kappa shape index (κ3) is 6.03. The zero-order valence-corrected chi connectivity index (χ0v) is 32.5. The van der Waals surface area contributed by atoms with E-state index in [1.54, 1.807) is 0 Å². The summed E-state index contributed by atoms with van der Waals surface area (Å²) < 4.78 is 2.65. The van der Waals surface area contributed by atoms with E-state index < -0.39 is 0 Å². The molecule has 0 saturated carbocycles. The van der Waals surface area contributed by atoms with Crippen LogP contribution in [-0.4, -0.2) is 0 Å². The molecule has 11 aromatic rings. The first-order chi connectivity index (χ1) is 28.7. The molecule has 0 fully saturated rings. The van der Waals surface area contributed by atoms with Gasteiger partial charge in [0.05, 0.1) is 0 Å². The van der Waals surface area contributed by atoms with Gasteiger partial charge in [0.15, 0.2) is 0 Å². The Morgan fingerprint density at radius 1 is 0.259 bits per heavy atom. The predicted molar refractivity (Wildman–Crippen MR) is 251 cm³/mol. The van der Waals surface area contributed by atoms with Crippen LogP contribution in [0.4, 0.5) is 17.1 Å². The summed E-state index contributed by atoms with van der Waals surface area (Å²) in [7, 11) is 0. The molecule has 58 heavy (non-hydrogen) atoms. The van der Waals surface area contributed by atoms with E-state index in [4.69, 9.17) is 0 Å². The Morgan fingerprint density at radius 3 is 1.55 bits per heavy atom. The van der Waals surface area contributed by atoms with Crippen LogP contribution in [0.1, 0.15) is 0 Å². The topological polar surface area (TPSA) is 3.24 Å². The number of nitrogens with zero attached hydrogens (tertiary/aromatic N) is 1. The summed E-state index contributed by atoms with van der Waals surface area (Å²) in [6.07, 6.45) is 0. The average molecular weight is 756 g/mol. The van der Waals surface area contributed by atoms with Crippen LogP contribution in [-0.2, 0) is 0 Å². The van der Waals surface area contributed by atoms with Crippen LogP contribution >= 0.6 is 11.3 Å². The molecule has 0 aliphatic heterocycles. The minimum atomic E-state index is 1.10. The van der Waals surface area contributed by atoms with Gasteiger partial charge in [-0.05, 0) is 121 Å². The summed E-state index contributed by atoms with van der Waals surface area (Å²) >= 11 is 1.87. The van der Waals surface area contributed by atoms with Crippen LogP contribution in [0.2, 0.25) is 0 Å². The Labute approximate surface area is 342 Å². The highest BCUT2D eigenvalue weighted by atomic mass is 32.1. The Hall–Kier alpha value is -7.26. The Morgan fingerprint density at radius 2 is 0.793 bits per heavy atom. The van der Waals surface area contributed by atoms with Gasteiger partial charge in [-0.2, -0.15) is 0 Å². The van der Waals surface area contributed by atoms with E-state index in [-0.39, 0.29) is 0 Å². The van der Waals surface area contributed by atoms with Crippen molar-refractivity contribution < 1.29 is 0 Å². The Kier molecular flexibility index (Phi) is 8.42. The number of hydrogen-bond donors (Lipinski definition) is 0. The molecule has 0 aliphatic rings. The fourth-order valence-electron chi connectivity index (χ4n) is 8.65. The first kappa shape index (κ1) is 34.0. The lowest BCUT2D eigenvalue weighted by atomic mass is 9.89. The van der Waals surface area contributed by atoms with Crippen LogP contribution < -0.4 is 4.90 Å². The second-order valence-corrected chi connectivity index (χ2v) is 16.0. The third-order valence-corrected chi connectivity index (χ3v) is 12.6. The molecule has 0 amide bonds. The Bertz CT molecular complexity index is 3270. The van der Waals surface area contributed by atoms with Crippen LogP contribution in [0.3, 0.4) is 0 Å². The van der Waals surface area contributed by atoms with Gasteiger partial charge in [0.25, 0.3) is 0 Å². The number of anilines is 3. The van der Waals surface area contributed by atoms with Crippen molar-refractivity contribution in [1.29, 1.82) is 0 Å². The summed E-state index contributed by atoms with van der Waals surface area (Å²) in [4.78, 5) is 2.41. The highest BCUT2D eigenvalue weighted by Crippen LogP contribution is 2.44. The van der Waals surface area contributed by atoms with Crippen molar-refractivity contribution in [3.63, 3.8) is 0 Å². The molecule has 0 aliphatic carbocycles. The highest BCUT2D eigenvalue weighted by molar-refractivity contribution is 7.25. The molecule has 10 aromatic carbocycles. The van der Waals surface area contributed by atoms with Crippen molar-refractivity contribution >= 4 is 70.1 Å². The summed E-state index contributed by atoms with van der Waals surface area (Å²) in [6, 6.07) is 82.0. The summed E-state index contributed by atoms with van der Waals surface area (Å²) in [5, 5.41) is 7.65. The molecule has 0 bridgehead atoms. The zero-order valence-electron chi connectivity index (χ0n) is 31.7. The van der Waals surface area contributed by atoms with Crippen LogP contribution in [0, 0.1) is 0 Å². The highest BCUT2D eigenvalue weighted by Gasteiger charge is 2.18. The summed E-state index contributed by atoms with van der Waals surface area (Å²) in [5.74, 6) is 0. The lowest BCUT2D eigenvalue weighted by Crippen LogP contribution is -2.10. The summed E-state index contributed by atoms with van der Waals surface area (Å²) in [5.41, 5.74) is 12.9. The van der Waals surface area contributed by atoms with Crippen molar-refractivity contribution in [2.24, 2.45) is 0 Å². The van der Waals surface area contributed by atoms with Crippen molar-refractivity contribution in [3.05, 3.63) is 224 Å². The standard InChI is InChI=1S/C56H37NS/c1-3-14-38(15-4-1)39-28-31-44(32-29-39)57(46-33-30-41-26-27-43-35-56-54(37-53(43)52(41)36-46)51-24-11-12-25-55(51)58-56)45-19-13-18-42(34-45)48-21-8-10-23-50(48)49-22-9-7-20-47(49)40-16-5-2-6-17-40/h1-37H. The number of benzene rings is 10. The lowest BCUT2D eigenvalue weighted by Gasteiger charge is -2.27. The maximum atomic E-state index is 2.42. The smallest absolute Gasteiger partial charge is 0.0468 e. The molecular weight excluding hydrogens is 719 g/mol. The maximum absolute atomic E-state index is 2.42. The second kappa shape index (κ2) is 14.4. The molecule has 0 saturated heterocycles. The van der Waals surface area contributed by atoms with E-state index in [1.807, 2.05) is 11.3 Å². The third-order valence-electron chi connectivity index (χ3n) is 11.5. The van der Waals surface area contributed by atoms with Crippen LogP contribution in [0.15, 0.2) is 224 Å². The Balaban J connectivity index is 1.09. The van der Waals surface area contributed by atoms with Gasteiger partial charge in [-0.3, -0.25) is 0 Å². The fourth-order valence-corrected chi connectivity index (χ4v) is 9.79. The number of thiophene rings is 1.